The molecule has 1 aromatic heterocycles. The first-order valence-electron chi connectivity index (χ1n) is 8.14. The average Bonchev–Trinajstić information content (AvgIpc) is 3.02. The van der Waals surface area contributed by atoms with Crippen molar-refractivity contribution in [3.05, 3.63) is 71.8 Å². The Balaban J connectivity index is 1.88. The van der Waals surface area contributed by atoms with Gasteiger partial charge in [0.05, 0.1) is 12.7 Å². The molecule has 0 aliphatic rings. The summed E-state index contributed by atoms with van der Waals surface area (Å²) in [5.41, 5.74) is 2.88. The molecular formula is C20H22FN3O. The van der Waals surface area contributed by atoms with Crippen LogP contribution in [0.4, 0.5) is 4.39 Å². The normalized spacial score (nSPS) is 11.1. The Bertz CT molecular complexity index is 858. The molecule has 0 bridgehead atoms. The van der Waals surface area contributed by atoms with Gasteiger partial charge in [0.1, 0.15) is 17.4 Å². The summed E-state index contributed by atoms with van der Waals surface area (Å²) < 4.78 is 21.4. The van der Waals surface area contributed by atoms with E-state index in [1.807, 2.05) is 24.9 Å². The monoisotopic (exact) mass is 339 g/mol. The van der Waals surface area contributed by atoms with Crippen molar-refractivity contribution in [2.24, 2.45) is 0 Å². The summed E-state index contributed by atoms with van der Waals surface area (Å²) in [5.74, 6) is 0.766. The van der Waals surface area contributed by atoms with Crippen LogP contribution in [0.5, 0.6) is 5.75 Å². The Kier molecular flexibility index (Phi) is 5.14. The number of imidazole rings is 1. The molecule has 0 unspecified atom stereocenters. The van der Waals surface area contributed by atoms with Gasteiger partial charge in [-0.3, -0.25) is 0 Å². The van der Waals surface area contributed by atoms with Gasteiger partial charge in [-0.2, -0.15) is 0 Å². The third-order valence-electron chi connectivity index (χ3n) is 3.98. The van der Waals surface area contributed by atoms with Crippen molar-refractivity contribution in [3.63, 3.8) is 0 Å². The lowest BCUT2D eigenvalue weighted by Gasteiger charge is -2.13. The topological polar surface area (TPSA) is 30.3 Å². The maximum absolute atomic E-state index is 14.4. The lowest BCUT2D eigenvalue weighted by Crippen LogP contribution is -2.11. The molecule has 0 radical (unpaired) electrons. The van der Waals surface area contributed by atoms with Crippen LogP contribution in [-0.2, 0) is 13.1 Å². The number of ether oxygens (including phenoxy) is 1. The number of nitrogens with zero attached hydrogens (tertiary/aromatic N) is 3. The molecule has 5 heteroatoms. The minimum Gasteiger partial charge on any atom is -0.497 e. The van der Waals surface area contributed by atoms with Crippen LogP contribution in [0.15, 0.2) is 54.9 Å². The molecule has 130 valence electrons. The van der Waals surface area contributed by atoms with Gasteiger partial charge in [-0.1, -0.05) is 24.3 Å². The lowest BCUT2D eigenvalue weighted by molar-refractivity contribution is 0.402. The van der Waals surface area contributed by atoms with E-state index in [-0.39, 0.29) is 5.82 Å². The van der Waals surface area contributed by atoms with Crippen molar-refractivity contribution in [2.45, 2.75) is 13.1 Å². The van der Waals surface area contributed by atoms with E-state index in [4.69, 9.17) is 4.74 Å². The van der Waals surface area contributed by atoms with Gasteiger partial charge in [0.25, 0.3) is 0 Å². The highest BCUT2D eigenvalue weighted by Gasteiger charge is 2.12. The second-order valence-corrected chi connectivity index (χ2v) is 6.28. The summed E-state index contributed by atoms with van der Waals surface area (Å²) in [7, 11) is 5.62. The second-order valence-electron chi connectivity index (χ2n) is 6.28. The van der Waals surface area contributed by atoms with E-state index in [1.54, 1.807) is 18.3 Å². The van der Waals surface area contributed by atoms with Crippen LogP contribution in [0, 0.1) is 5.82 Å². The molecule has 3 rings (SSSR count). The summed E-state index contributed by atoms with van der Waals surface area (Å²) in [6, 6.07) is 13.2. The fraction of sp³-hybridized carbons (Fsp3) is 0.250. The summed E-state index contributed by atoms with van der Waals surface area (Å²) in [5, 5.41) is 0. The predicted molar refractivity (Wildman–Crippen MR) is 97.1 cm³/mol. The van der Waals surface area contributed by atoms with Gasteiger partial charge in [-0.05, 0) is 37.4 Å². The van der Waals surface area contributed by atoms with Gasteiger partial charge in [-0.15, -0.1) is 0 Å². The first-order valence-corrected chi connectivity index (χ1v) is 8.14. The van der Waals surface area contributed by atoms with Crippen LogP contribution in [0.2, 0.25) is 0 Å². The van der Waals surface area contributed by atoms with Crippen molar-refractivity contribution >= 4 is 0 Å². The smallest absolute Gasteiger partial charge is 0.143 e. The zero-order chi connectivity index (χ0) is 17.8. The minimum absolute atomic E-state index is 0.340. The highest BCUT2D eigenvalue weighted by Crippen LogP contribution is 2.25. The fourth-order valence-electron chi connectivity index (χ4n) is 2.87. The van der Waals surface area contributed by atoms with Gasteiger partial charge in [0.2, 0.25) is 0 Å². The molecule has 0 aliphatic carbocycles. The molecule has 0 spiro atoms. The molecule has 0 saturated carbocycles. The third kappa shape index (κ3) is 4.06. The number of rotatable bonds is 6. The maximum Gasteiger partial charge on any atom is 0.143 e. The van der Waals surface area contributed by atoms with E-state index in [9.17, 15) is 4.39 Å². The van der Waals surface area contributed by atoms with Gasteiger partial charge < -0.3 is 14.2 Å². The largest absolute Gasteiger partial charge is 0.497 e. The van der Waals surface area contributed by atoms with Crippen molar-refractivity contribution in [3.8, 4) is 17.1 Å². The fourth-order valence-corrected chi connectivity index (χ4v) is 2.87. The maximum atomic E-state index is 14.4. The second kappa shape index (κ2) is 7.49. The number of aromatic nitrogens is 2. The Hall–Kier alpha value is -2.66. The molecule has 0 fully saturated rings. The zero-order valence-corrected chi connectivity index (χ0v) is 14.7. The highest BCUT2D eigenvalue weighted by atomic mass is 19.1. The third-order valence-corrected chi connectivity index (χ3v) is 3.98. The Morgan fingerprint density at radius 1 is 1.12 bits per heavy atom. The highest BCUT2D eigenvalue weighted by molar-refractivity contribution is 5.58. The van der Waals surface area contributed by atoms with Crippen molar-refractivity contribution < 1.29 is 9.13 Å². The van der Waals surface area contributed by atoms with E-state index >= 15 is 0 Å². The van der Waals surface area contributed by atoms with Gasteiger partial charge in [0, 0.05) is 31.5 Å². The Morgan fingerprint density at radius 2 is 1.92 bits per heavy atom. The van der Waals surface area contributed by atoms with E-state index in [0.29, 0.717) is 23.7 Å². The average molecular weight is 339 g/mol. The molecule has 25 heavy (non-hydrogen) atoms. The number of hydrogen-bond donors (Lipinski definition) is 0. The molecule has 0 N–H and O–H groups in total. The summed E-state index contributed by atoms with van der Waals surface area (Å²) in [6.45, 7) is 1.53. The molecule has 0 aliphatic heterocycles. The molecule has 0 saturated heterocycles. The molecular weight excluding hydrogens is 317 g/mol. The molecule has 2 aromatic carbocycles. The van der Waals surface area contributed by atoms with Crippen molar-refractivity contribution in [2.75, 3.05) is 21.2 Å². The zero-order valence-electron chi connectivity index (χ0n) is 14.7. The molecule has 1 heterocycles. The summed E-state index contributed by atoms with van der Waals surface area (Å²) >= 11 is 0. The van der Waals surface area contributed by atoms with E-state index < -0.39 is 0 Å². The quantitative estimate of drug-likeness (QED) is 0.684. The molecule has 4 nitrogen and oxygen atoms in total. The van der Waals surface area contributed by atoms with Crippen LogP contribution in [0.3, 0.4) is 0 Å². The first kappa shape index (κ1) is 17.2. The molecule has 3 aromatic rings. The Morgan fingerprint density at radius 3 is 2.64 bits per heavy atom. The number of halogens is 1. The van der Waals surface area contributed by atoms with E-state index in [1.165, 1.54) is 18.7 Å². The predicted octanol–water partition coefficient (Wildman–Crippen LogP) is 3.81. The standard InChI is InChI=1S/C20H22FN3O/c1-23(2)13-15-5-4-6-16(11-15)14-24-10-9-22-20(24)18-8-7-17(25-3)12-19(18)21/h4-12H,13-14H2,1-3H3. The lowest BCUT2D eigenvalue weighted by atomic mass is 10.1. The van der Waals surface area contributed by atoms with Crippen LogP contribution < -0.4 is 4.74 Å². The number of methoxy groups -OCH3 is 1. The molecule has 0 atom stereocenters. The van der Waals surface area contributed by atoms with Crippen LogP contribution >= 0.6 is 0 Å². The van der Waals surface area contributed by atoms with Gasteiger partial charge >= 0.3 is 0 Å². The number of benzene rings is 2. The first-order chi connectivity index (χ1) is 12.1. The Labute approximate surface area is 147 Å². The molecule has 0 amide bonds. The van der Waals surface area contributed by atoms with E-state index in [2.05, 4.69) is 34.1 Å². The van der Waals surface area contributed by atoms with Gasteiger partial charge in [-0.25, -0.2) is 9.37 Å². The van der Waals surface area contributed by atoms with Crippen molar-refractivity contribution in [1.82, 2.24) is 14.5 Å². The summed E-state index contributed by atoms with van der Waals surface area (Å²) in [4.78, 5) is 6.48. The van der Waals surface area contributed by atoms with Crippen LogP contribution in [-0.4, -0.2) is 35.7 Å². The van der Waals surface area contributed by atoms with Crippen LogP contribution in [0.1, 0.15) is 11.1 Å². The summed E-state index contributed by atoms with van der Waals surface area (Å²) in [6.07, 6.45) is 3.57. The van der Waals surface area contributed by atoms with Crippen molar-refractivity contribution in [1.29, 1.82) is 0 Å². The SMILES string of the molecule is COc1ccc(-c2nccn2Cc2cccc(CN(C)C)c2)c(F)c1. The number of hydrogen-bond acceptors (Lipinski definition) is 3. The van der Waals surface area contributed by atoms with E-state index in [0.717, 1.165) is 12.1 Å². The van der Waals surface area contributed by atoms with Crippen LogP contribution in [0.25, 0.3) is 11.4 Å². The minimum atomic E-state index is -0.340. The van der Waals surface area contributed by atoms with Gasteiger partial charge in [0.15, 0.2) is 0 Å².